The summed E-state index contributed by atoms with van der Waals surface area (Å²) in [7, 11) is 1.56. The molecule has 1 N–H and O–H groups in total. The number of nitrogens with zero attached hydrogens (tertiary/aromatic N) is 3. The van der Waals surface area contributed by atoms with Crippen molar-refractivity contribution in [2.75, 3.05) is 38.8 Å². The Kier molecular flexibility index (Phi) is 4.52. The minimum atomic E-state index is -0.410. The van der Waals surface area contributed by atoms with E-state index >= 15 is 0 Å². The highest BCUT2D eigenvalue weighted by Crippen LogP contribution is 2.26. The van der Waals surface area contributed by atoms with Gasteiger partial charge < -0.3 is 18.6 Å². The average molecular weight is 334 g/mol. The molecule has 0 atom stereocenters. The summed E-state index contributed by atoms with van der Waals surface area (Å²) >= 11 is 0. The number of hydrogen-bond acceptors (Lipinski definition) is 6. The zero-order chi connectivity index (χ0) is 17.1. The second-order valence-corrected chi connectivity index (χ2v) is 5.39. The number of ether oxygens (including phenoxy) is 1. The molecule has 128 valence electrons. The van der Waals surface area contributed by atoms with Crippen molar-refractivity contribution >= 4 is 17.8 Å². The Balaban J connectivity index is 1.61. The monoisotopic (exact) mass is 334 g/mol. The first-order valence-corrected chi connectivity index (χ1v) is 7.42. The van der Waals surface area contributed by atoms with Crippen LogP contribution in [0.2, 0.25) is 0 Å². The van der Waals surface area contributed by atoms with Gasteiger partial charge in [-0.1, -0.05) is 5.16 Å². The summed E-state index contributed by atoms with van der Waals surface area (Å²) in [6.07, 6.45) is 1.55. The molecule has 3 amide bonds. The Hall–Kier alpha value is -2.81. The molecule has 0 unspecified atom stereocenters. The van der Waals surface area contributed by atoms with Gasteiger partial charge in [-0.3, -0.25) is 15.0 Å². The van der Waals surface area contributed by atoms with Crippen LogP contribution < -0.4 is 5.32 Å². The van der Waals surface area contributed by atoms with E-state index in [-0.39, 0.29) is 24.9 Å². The lowest BCUT2D eigenvalue weighted by Crippen LogP contribution is -2.35. The van der Waals surface area contributed by atoms with E-state index in [4.69, 9.17) is 13.7 Å². The number of carbonyl (C=O) groups is 2. The van der Waals surface area contributed by atoms with Gasteiger partial charge in [0.05, 0.1) is 25.1 Å². The number of carbonyl (C=O) groups excluding carboxylic acids is 2. The highest BCUT2D eigenvalue weighted by atomic mass is 16.5. The molecule has 0 saturated carbocycles. The van der Waals surface area contributed by atoms with Crippen molar-refractivity contribution < 1.29 is 23.3 Å². The molecule has 3 heterocycles. The third kappa shape index (κ3) is 3.25. The molecular weight excluding hydrogens is 316 g/mol. The third-order valence-corrected chi connectivity index (χ3v) is 3.74. The molecule has 24 heavy (non-hydrogen) atoms. The highest BCUT2D eigenvalue weighted by molar-refractivity contribution is 5.93. The van der Waals surface area contributed by atoms with Gasteiger partial charge in [0.2, 0.25) is 5.91 Å². The van der Waals surface area contributed by atoms with Gasteiger partial charge >= 0.3 is 6.03 Å². The van der Waals surface area contributed by atoms with Crippen molar-refractivity contribution in [3.63, 3.8) is 0 Å². The van der Waals surface area contributed by atoms with Crippen molar-refractivity contribution in [2.45, 2.75) is 6.92 Å². The van der Waals surface area contributed by atoms with Gasteiger partial charge in [-0.05, 0) is 13.0 Å². The maximum atomic E-state index is 12.2. The molecule has 0 spiro atoms. The van der Waals surface area contributed by atoms with Crippen LogP contribution in [0.15, 0.2) is 27.3 Å². The van der Waals surface area contributed by atoms with Crippen LogP contribution in [0.1, 0.15) is 5.76 Å². The molecule has 9 nitrogen and oxygen atoms in total. The molecule has 1 saturated heterocycles. The standard InChI is InChI=1S/C15H18N4O5/c1-10-11(3-5-23-10)12-7-13(17-24-12)16-15(21)19-8-14(20)18(9-19)4-6-22-2/h3,5,7H,4,6,8-9H2,1-2H3,(H,16,17,21). The first-order valence-electron chi connectivity index (χ1n) is 7.42. The first kappa shape index (κ1) is 16.1. The van der Waals surface area contributed by atoms with Crippen LogP contribution in [-0.4, -0.2) is 60.4 Å². The largest absolute Gasteiger partial charge is 0.469 e. The highest BCUT2D eigenvalue weighted by Gasteiger charge is 2.30. The topological polar surface area (TPSA) is 101 Å². The number of aromatic nitrogens is 1. The van der Waals surface area contributed by atoms with Gasteiger partial charge in [-0.15, -0.1) is 0 Å². The molecule has 1 aliphatic heterocycles. The van der Waals surface area contributed by atoms with E-state index in [0.29, 0.717) is 24.7 Å². The zero-order valence-corrected chi connectivity index (χ0v) is 13.4. The Bertz CT molecular complexity index is 738. The van der Waals surface area contributed by atoms with E-state index in [0.717, 1.165) is 5.56 Å². The molecule has 0 aromatic carbocycles. The van der Waals surface area contributed by atoms with Gasteiger partial charge in [-0.25, -0.2) is 4.79 Å². The lowest BCUT2D eigenvalue weighted by Gasteiger charge is -2.17. The molecule has 3 rings (SSSR count). The molecule has 9 heteroatoms. The van der Waals surface area contributed by atoms with Crippen LogP contribution in [0.5, 0.6) is 0 Å². The van der Waals surface area contributed by atoms with E-state index in [1.54, 1.807) is 37.3 Å². The maximum Gasteiger partial charge on any atom is 0.325 e. The Morgan fingerprint density at radius 1 is 1.50 bits per heavy atom. The van der Waals surface area contributed by atoms with Crippen molar-refractivity contribution in [3.05, 3.63) is 24.2 Å². The summed E-state index contributed by atoms with van der Waals surface area (Å²) in [5, 5.41) is 6.44. The second-order valence-electron chi connectivity index (χ2n) is 5.39. The minimum absolute atomic E-state index is 0.0289. The Morgan fingerprint density at radius 2 is 2.33 bits per heavy atom. The predicted octanol–water partition coefficient (Wildman–Crippen LogP) is 1.52. The van der Waals surface area contributed by atoms with Crippen LogP contribution in [-0.2, 0) is 9.53 Å². The van der Waals surface area contributed by atoms with E-state index in [2.05, 4.69) is 10.5 Å². The van der Waals surface area contributed by atoms with Crippen molar-refractivity contribution in [3.8, 4) is 11.3 Å². The van der Waals surface area contributed by atoms with E-state index in [1.165, 1.54) is 4.90 Å². The van der Waals surface area contributed by atoms with Gasteiger partial charge in [0.1, 0.15) is 12.3 Å². The minimum Gasteiger partial charge on any atom is -0.469 e. The number of furan rings is 1. The summed E-state index contributed by atoms with van der Waals surface area (Å²) < 4.78 is 15.4. The number of amides is 3. The lowest BCUT2D eigenvalue weighted by atomic mass is 10.2. The maximum absolute atomic E-state index is 12.2. The summed E-state index contributed by atoms with van der Waals surface area (Å²) in [6, 6.07) is 2.96. The summed E-state index contributed by atoms with van der Waals surface area (Å²) in [5.41, 5.74) is 0.769. The summed E-state index contributed by atoms with van der Waals surface area (Å²) in [5.74, 6) is 1.36. The fraction of sp³-hybridized carbons (Fsp3) is 0.400. The normalized spacial score (nSPS) is 14.5. The molecule has 0 aliphatic carbocycles. The zero-order valence-electron chi connectivity index (χ0n) is 13.4. The van der Waals surface area contributed by atoms with Gasteiger partial charge in [0, 0.05) is 19.7 Å². The van der Waals surface area contributed by atoms with Gasteiger partial charge in [0.25, 0.3) is 0 Å². The molecule has 2 aromatic rings. The van der Waals surface area contributed by atoms with Crippen LogP contribution in [0.25, 0.3) is 11.3 Å². The predicted molar refractivity (Wildman–Crippen MR) is 83.1 cm³/mol. The van der Waals surface area contributed by atoms with Gasteiger partial charge in [-0.2, -0.15) is 0 Å². The molecule has 1 fully saturated rings. The first-order chi connectivity index (χ1) is 11.6. The fourth-order valence-electron chi connectivity index (χ4n) is 2.42. The molecule has 0 radical (unpaired) electrons. The Labute approximate surface area is 138 Å². The summed E-state index contributed by atoms with van der Waals surface area (Å²) in [6.45, 7) is 2.94. The van der Waals surface area contributed by atoms with E-state index < -0.39 is 6.03 Å². The molecule has 0 bridgehead atoms. The second kappa shape index (κ2) is 6.75. The van der Waals surface area contributed by atoms with E-state index in [9.17, 15) is 9.59 Å². The fourth-order valence-corrected chi connectivity index (χ4v) is 2.42. The van der Waals surface area contributed by atoms with Crippen molar-refractivity contribution in [1.82, 2.24) is 15.0 Å². The smallest absolute Gasteiger partial charge is 0.325 e. The number of urea groups is 1. The molecule has 2 aromatic heterocycles. The van der Waals surface area contributed by atoms with Crippen molar-refractivity contribution in [1.29, 1.82) is 0 Å². The van der Waals surface area contributed by atoms with Crippen LogP contribution in [0.4, 0.5) is 10.6 Å². The van der Waals surface area contributed by atoms with Crippen LogP contribution >= 0.6 is 0 Å². The number of aryl methyl sites for hydroxylation is 1. The van der Waals surface area contributed by atoms with Crippen LogP contribution in [0, 0.1) is 6.92 Å². The van der Waals surface area contributed by atoms with E-state index in [1.807, 2.05) is 0 Å². The van der Waals surface area contributed by atoms with Crippen LogP contribution in [0.3, 0.4) is 0 Å². The molecular formula is C15H18N4O5. The SMILES string of the molecule is COCCN1CN(C(=O)Nc2cc(-c3ccoc3C)on2)CC1=O. The number of hydrogen-bond donors (Lipinski definition) is 1. The quantitative estimate of drug-likeness (QED) is 0.890. The summed E-state index contributed by atoms with van der Waals surface area (Å²) in [4.78, 5) is 27.1. The third-order valence-electron chi connectivity index (χ3n) is 3.74. The number of methoxy groups -OCH3 is 1. The average Bonchev–Trinajstić information content (AvgIpc) is 3.26. The molecule has 1 aliphatic rings. The van der Waals surface area contributed by atoms with Gasteiger partial charge in [0.15, 0.2) is 11.6 Å². The lowest BCUT2D eigenvalue weighted by molar-refractivity contribution is -0.127. The number of anilines is 1. The number of nitrogens with one attached hydrogen (secondary N) is 1. The Morgan fingerprint density at radius 3 is 3.04 bits per heavy atom. The van der Waals surface area contributed by atoms with Crippen molar-refractivity contribution in [2.24, 2.45) is 0 Å². The number of rotatable bonds is 5.